The van der Waals surface area contributed by atoms with Gasteiger partial charge in [0.15, 0.2) is 5.69 Å². The molecule has 0 saturated heterocycles. The minimum atomic E-state index is -1.29. The summed E-state index contributed by atoms with van der Waals surface area (Å²) in [6.07, 6.45) is 0.194. The van der Waals surface area contributed by atoms with Crippen LogP contribution in [0.2, 0.25) is 0 Å². The second-order valence-corrected chi connectivity index (χ2v) is 5.82. The average Bonchev–Trinajstić information content (AvgIpc) is 2.61. The van der Waals surface area contributed by atoms with Crippen LogP contribution in [0.5, 0.6) is 0 Å². The number of primary amides is 1. The smallest absolute Gasteiger partial charge is 0.293 e. The van der Waals surface area contributed by atoms with Crippen LogP contribution in [0.15, 0.2) is 36.4 Å². The van der Waals surface area contributed by atoms with Gasteiger partial charge in [-0.2, -0.15) is 0 Å². The van der Waals surface area contributed by atoms with Crippen LogP contribution in [0.4, 0.5) is 5.69 Å². The molecule has 5 N–H and O–H groups in total. The van der Waals surface area contributed by atoms with Crippen LogP contribution < -0.4 is 11.5 Å². The summed E-state index contributed by atoms with van der Waals surface area (Å²) in [5.41, 5.74) is 11.8. The fraction of sp³-hybridized carbons (Fsp3) is 0.211. The van der Waals surface area contributed by atoms with Crippen LogP contribution >= 0.6 is 0 Å². The van der Waals surface area contributed by atoms with E-state index in [1.807, 2.05) is 6.07 Å². The first-order valence-corrected chi connectivity index (χ1v) is 7.80. The molecule has 7 nitrogen and oxygen atoms in total. The number of hydrogen-bond donors (Lipinski definition) is 3. The largest absolute Gasteiger partial charge is 0.468 e. The zero-order chi connectivity index (χ0) is 19.2. The van der Waals surface area contributed by atoms with E-state index in [-0.39, 0.29) is 24.4 Å². The fourth-order valence-electron chi connectivity index (χ4n) is 2.16. The Hall–Kier alpha value is -3.37. The predicted octanol–water partition coefficient (Wildman–Crippen LogP) is 1.10. The van der Waals surface area contributed by atoms with E-state index in [4.69, 9.17) is 11.5 Å². The van der Waals surface area contributed by atoms with Crippen molar-refractivity contribution < 1.29 is 19.4 Å². The van der Waals surface area contributed by atoms with Gasteiger partial charge in [-0.1, -0.05) is 24.0 Å². The van der Waals surface area contributed by atoms with Gasteiger partial charge < -0.3 is 21.3 Å². The number of nitrogens with two attached hydrogens (primary N) is 2. The highest BCUT2D eigenvalue weighted by Crippen LogP contribution is 2.21. The lowest BCUT2D eigenvalue weighted by Gasteiger charge is -2.14. The van der Waals surface area contributed by atoms with E-state index in [0.717, 1.165) is 5.56 Å². The molecule has 0 radical (unpaired) electrons. The van der Waals surface area contributed by atoms with E-state index in [9.17, 15) is 14.7 Å². The normalized spacial score (nSPS) is 12.4. The molecule has 134 valence electrons. The minimum absolute atomic E-state index is 0.0112. The number of ether oxygens (including phenoxy) is 1. The molecule has 26 heavy (non-hydrogen) atoms. The molecule has 1 atom stereocenters. The van der Waals surface area contributed by atoms with E-state index in [1.54, 1.807) is 37.3 Å². The van der Waals surface area contributed by atoms with E-state index in [1.165, 1.54) is 0 Å². The first-order valence-electron chi connectivity index (χ1n) is 7.80. The number of amides is 1. The first-order chi connectivity index (χ1) is 12.3. The molecule has 0 fully saturated rings. The molecule has 0 aliphatic rings. The number of rotatable bonds is 6. The SMILES string of the molecule is CC(O)(C#Cc1cccc(-c2ccc(N)c(C(N)=O)n2)c1)CCOC=O. The van der Waals surface area contributed by atoms with Crippen molar-refractivity contribution in [1.82, 2.24) is 4.98 Å². The molecule has 1 aromatic heterocycles. The Labute approximate surface area is 151 Å². The maximum Gasteiger partial charge on any atom is 0.293 e. The van der Waals surface area contributed by atoms with Crippen LogP contribution in [-0.4, -0.2) is 34.7 Å². The van der Waals surface area contributed by atoms with Gasteiger partial charge in [0.1, 0.15) is 5.60 Å². The van der Waals surface area contributed by atoms with Crippen molar-refractivity contribution in [2.24, 2.45) is 5.73 Å². The molecule has 0 bridgehead atoms. The molecule has 1 amide bonds. The topological polar surface area (TPSA) is 129 Å². The van der Waals surface area contributed by atoms with Crippen molar-refractivity contribution in [2.45, 2.75) is 18.9 Å². The summed E-state index contributed by atoms with van der Waals surface area (Å²) in [4.78, 5) is 25.7. The fourth-order valence-corrected chi connectivity index (χ4v) is 2.16. The number of carbonyl (C=O) groups excluding carboxylic acids is 2. The highest BCUT2D eigenvalue weighted by atomic mass is 16.5. The number of benzene rings is 1. The lowest BCUT2D eigenvalue weighted by molar-refractivity contribution is -0.129. The molecule has 2 aromatic rings. The Morgan fingerprint density at radius 3 is 2.85 bits per heavy atom. The number of anilines is 1. The van der Waals surface area contributed by atoms with Crippen molar-refractivity contribution in [3.05, 3.63) is 47.7 Å². The number of pyridine rings is 1. The van der Waals surface area contributed by atoms with Gasteiger partial charge in [0.2, 0.25) is 0 Å². The van der Waals surface area contributed by atoms with Crippen molar-refractivity contribution in [3.63, 3.8) is 0 Å². The van der Waals surface area contributed by atoms with Gasteiger partial charge in [0.25, 0.3) is 12.4 Å². The summed E-state index contributed by atoms with van der Waals surface area (Å²) in [6.45, 7) is 1.95. The molecule has 1 unspecified atom stereocenters. The summed E-state index contributed by atoms with van der Waals surface area (Å²) >= 11 is 0. The predicted molar refractivity (Wildman–Crippen MR) is 96.7 cm³/mol. The molecule has 0 aliphatic carbocycles. The second-order valence-electron chi connectivity index (χ2n) is 5.82. The van der Waals surface area contributed by atoms with E-state index in [2.05, 4.69) is 21.6 Å². The lowest BCUT2D eigenvalue weighted by Crippen LogP contribution is -2.23. The molecule has 7 heteroatoms. The highest BCUT2D eigenvalue weighted by Gasteiger charge is 2.16. The van der Waals surface area contributed by atoms with Crippen molar-refractivity contribution >= 4 is 18.1 Å². The number of aliphatic hydroxyl groups is 1. The monoisotopic (exact) mass is 353 g/mol. The van der Waals surface area contributed by atoms with E-state index in [0.29, 0.717) is 17.7 Å². The van der Waals surface area contributed by atoms with Gasteiger partial charge in [-0.15, -0.1) is 0 Å². The highest BCUT2D eigenvalue weighted by molar-refractivity contribution is 5.96. The number of carbonyl (C=O) groups is 2. The third-order valence-corrected chi connectivity index (χ3v) is 3.57. The van der Waals surface area contributed by atoms with Crippen molar-refractivity contribution in [3.8, 4) is 23.1 Å². The molecule has 0 spiro atoms. The molecular formula is C19H19N3O4. The van der Waals surface area contributed by atoms with Gasteiger partial charge in [-0.05, 0) is 31.2 Å². The third kappa shape index (κ3) is 5.06. The van der Waals surface area contributed by atoms with Gasteiger partial charge >= 0.3 is 0 Å². The summed E-state index contributed by atoms with van der Waals surface area (Å²) in [5.74, 6) is 4.93. The molecular weight excluding hydrogens is 334 g/mol. The lowest BCUT2D eigenvalue weighted by atomic mass is 10.0. The number of aromatic nitrogens is 1. The van der Waals surface area contributed by atoms with Crippen LogP contribution in [0.1, 0.15) is 29.4 Å². The van der Waals surface area contributed by atoms with Crippen molar-refractivity contribution in [1.29, 1.82) is 0 Å². The quantitative estimate of drug-likeness (QED) is 0.405. The standard InChI is InChI=1S/C19H19N3O4/c1-19(25,9-10-26-12-23)8-7-13-3-2-4-14(11-13)16-6-5-15(20)17(22-16)18(21)24/h2-6,11-12,25H,9-10,20H2,1H3,(H2,21,24). The Morgan fingerprint density at radius 2 is 2.15 bits per heavy atom. The number of nitrogens with zero attached hydrogens (tertiary/aromatic N) is 1. The first kappa shape index (κ1) is 19.0. The third-order valence-electron chi connectivity index (χ3n) is 3.57. The van der Waals surface area contributed by atoms with Gasteiger partial charge in [-0.25, -0.2) is 4.98 Å². The molecule has 0 aliphatic heterocycles. The minimum Gasteiger partial charge on any atom is -0.468 e. The summed E-state index contributed by atoms with van der Waals surface area (Å²) in [6, 6.07) is 10.4. The summed E-state index contributed by atoms with van der Waals surface area (Å²) in [5, 5.41) is 10.2. The van der Waals surface area contributed by atoms with Gasteiger partial charge in [0.05, 0.1) is 18.0 Å². The van der Waals surface area contributed by atoms with Crippen LogP contribution in [0, 0.1) is 11.8 Å². The molecule has 2 rings (SSSR count). The van der Waals surface area contributed by atoms with Crippen LogP contribution in [-0.2, 0) is 9.53 Å². The Kier molecular flexibility index (Phi) is 5.94. The van der Waals surface area contributed by atoms with Crippen LogP contribution in [0.3, 0.4) is 0 Å². The number of hydrogen-bond acceptors (Lipinski definition) is 6. The van der Waals surface area contributed by atoms with Crippen molar-refractivity contribution in [2.75, 3.05) is 12.3 Å². The zero-order valence-corrected chi connectivity index (χ0v) is 14.2. The summed E-state index contributed by atoms with van der Waals surface area (Å²) < 4.78 is 4.57. The molecule has 0 saturated carbocycles. The molecule has 1 aromatic carbocycles. The molecule has 1 heterocycles. The Morgan fingerprint density at radius 1 is 1.38 bits per heavy atom. The van der Waals surface area contributed by atoms with Gasteiger partial charge in [0, 0.05) is 17.5 Å². The van der Waals surface area contributed by atoms with E-state index < -0.39 is 11.5 Å². The zero-order valence-electron chi connectivity index (χ0n) is 14.2. The Bertz CT molecular complexity index is 882. The number of nitrogen functional groups attached to an aromatic ring is 1. The second kappa shape index (κ2) is 8.14. The Balaban J connectivity index is 2.27. The maximum atomic E-state index is 11.4. The van der Waals surface area contributed by atoms with Gasteiger partial charge in [-0.3, -0.25) is 9.59 Å². The average molecular weight is 353 g/mol. The van der Waals surface area contributed by atoms with E-state index >= 15 is 0 Å². The van der Waals surface area contributed by atoms with Crippen LogP contribution in [0.25, 0.3) is 11.3 Å². The maximum absolute atomic E-state index is 11.4. The summed E-state index contributed by atoms with van der Waals surface area (Å²) in [7, 11) is 0.